The number of aliphatic carboxylic acids is 1. The summed E-state index contributed by atoms with van der Waals surface area (Å²) in [5.41, 5.74) is 4.61. The number of alkyl halides is 3. The van der Waals surface area contributed by atoms with Gasteiger partial charge in [-0.15, -0.1) is 5.10 Å². The highest BCUT2D eigenvalue weighted by Gasteiger charge is 2.37. The number of aromatic nitrogens is 3. The van der Waals surface area contributed by atoms with E-state index in [1.165, 1.54) is 17.0 Å². The number of rotatable bonds is 2. The van der Waals surface area contributed by atoms with E-state index in [9.17, 15) is 27.9 Å². The second kappa shape index (κ2) is 10.9. The first kappa shape index (κ1) is 27.9. The Bertz CT molecular complexity index is 1700. The first-order chi connectivity index (χ1) is 20.1. The molecule has 1 atom stereocenters. The summed E-state index contributed by atoms with van der Waals surface area (Å²) in [6.07, 6.45) is -3.86. The van der Waals surface area contributed by atoms with Crippen LogP contribution in [0.15, 0.2) is 48.5 Å². The molecule has 6 heterocycles. The molecule has 0 radical (unpaired) electrons. The zero-order valence-electron chi connectivity index (χ0n) is 22.9. The van der Waals surface area contributed by atoms with Gasteiger partial charge in [-0.05, 0) is 71.3 Å². The average molecular weight is 579 g/mol. The summed E-state index contributed by atoms with van der Waals surface area (Å²) >= 11 is 0. The third-order valence-corrected chi connectivity index (χ3v) is 8.22. The van der Waals surface area contributed by atoms with Gasteiger partial charge in [-0.3, -0.25) is 9.59 Å². The highest BCUT2D eigenvalue weighted by atomic mass is 19.4. The third kappa shape index (κ3) is 5.24. The molecule has 1 aromatic heterocycles. The molecular formula is C31H29F3N4O4. The summed E-state index contributed by atoms with van der Waals surface area (Å²) in [4.78, 5) is 26.9. The first-order valence-corrected chi connectivity index (χ1v) is 13.8. The molecule has 5 aliphatic rings. The Labute approximate surface area is 239 Å². The van der Waals surface area contributed by atoms with Crippen molar-refractivity contribution in [2.75, 3.05) is 13.2 Å². The van der Waals surface area contributed by atoms with Gasteiger partial charge < -0.3 is 14.7 Å². The molecule has 5 aliphatic heterocycles. The van der Waals surface area contributed by atoms with Crippen LogP contribution >= 0.6 is 0 Å². The van der Waals surface area contributed by atoms with Gasteiger partial charge in [0.15, 0.2) is 0 Å². The fourth-order valence-electron chi connectivity index (χ4n) is 6.05. The van der Waals surface area contributed by atoms with E-state index in [2.05, 4.69) is 10.3 Å². The molecule has 0 spiro atoms. The summed E-state index contributed by atoms with van der Waals surface area (Å²) in [6.45, 7) is 3.05. The standard InChI is InChI=1S/C31H29F3N4O4/c1-18-23-7-8-27-29(18)35-36-38(27)10-2-12-42-17-19-3-6-24(26(13-19)31(32,33)34)30(41)37-11-9-20-4-5-21(14-22(20)16-37)25(23)15-28(39)40/h3-8,13-14,25H,2,9-12,15-17H2,1H3,(H,39,40). The molecule has 8 nitrogen and oxygen atoms in total. The minimum absolute atomic E-state index is 0.0248. The topological polar surface area (TPSA) is 97.5 Å². The molecule has 42 heavy (non-hydrogen) atoms. The SMILES string of the molecule is Cc1c2ccc3c1nnn3CCCOCc1ccc(c(C(F)(F)F)c1)C(=O)N1CCc3ccc(cc3C1)C2CC(=O)O. The Balaban J connectivity index is 1.46. The molecule has 9 bridgehead atoms. The first-order valence-electron chi connectivity index (χ1n) is 13.8. The number of carbonyl (C=O) groups is 2. The molecule has 1 unspecified atom stereocenters. The van der Waals surface area contributed by atoms with Crippen LogP contribution in [0.3, 0.4) is 0 Å². The van der Waals surface area contributed by atoms with E-state index >= 15 is 0 Å². The Morgan fingerprint density at radius 3 is 2.71 bits per heavy atom. The van der Waals surface area contributed by atoms with E-state index in [1.807, 2.05) is 37.3 Å². The Kier molecular flexibility index (Phi) is 7.22. The zero-order valence-corrected chi connectivity index (χ0v) is 22.9. The number of amides is 1. The minimum atomic E-state index is -4.72. The van der Waals surface area contributed by atoms with Crippen LogP contribution in [0.1, 0.15) is 68.1 Å². The number of aryl methyl sites for hydroxylation is 2. The molecule has 1 N–H and O–H groups in total. The van der Waals surface area contributed by atoms with Crippen LogP contribution in [-0.2, 0) is 41.8 Å². The van der Waals surface area contributed by atoms with Gasteiger partial charge in [0, 0.05) is 32.2 Å². The van der Waals surface area contributed by atoms with Gasteiger partial charge in [-0.2, -0.15) is 13.2 Å². The number of carboxylic acids is 1. The van der Waals surface area contributed by atoms with E-state index in [0.29, 0.717) is 30.5 Å². The van der Waals surface area contributed by atoms with Crippen molar-refractivity contribution < 1.29 is 32.6 Å². The van der Waals surface area contributed by atoms with Crippen LogP contribution in [-0.4, -0.2) is 50.0 Å². The van der Waals surface area contributed by atoms with Gasteiger partial charge in [0.05, 0.1) is 29.7 Å². The van der Waals surface area contributed by atoms with Gasteiger partial charge in [0.2, 0.25) is 0 Å². The zero-order chi connectivity index (χ0) is 29.6. The summed E-state index contributed by atoms with van der Waals surface area (Å²) in [6, 6.07) is 13.3. The molecule has 1 amide bonds. The lowest BCUT2D eigenvalue weighted by Crippen LogP contribution is -2.37. The van der Waals surface area contributed by atoms with E-state index in [4.69, 9.17) is 4.74 Å². The number of nitrogens with zero attached hydrogens (tertiary/aromatic N) is 4. The van der Waals surface area contributed by atoms with Crippen molar-refractivity contribution in [1.29, 1.82) is 0 Å². The van der Waals surface area contributed by atoms with Gasteiger partial charge in [0.25, 0.3) is 5.91 Å². The highest BCUT2D eigenvalue weighted by Crippen LogP contribution is 2.37. The van der Waals surface area contributed by atoms with E-state index in [-0.39, 0.29) is 32.7 Å². The summed E-state index contributed by atoms with van der Waals surface area (Å²) in [5.74, 6) is -2.16. The van der Waals surface area contributed by atoms with Gasteiger partial charge in [-0.1, -0.05) is 35.5 Å². The van der Waals surface area contributed by atoms with Gasteiger partial charge >= 0.3 is 12.1 Å². The summed E-state index contributed by atoms with van der Waals surface area (Å²) in [7, 11) is 0. The van der Waals surface area contributed by atoms with Crippen molar-refractivity contribution in [1.82, 2.24) is 19.9 Å². The monoisotopic (exact) mass is 578 g/mol. The van der Waals surface area contributed by atoms with Crippen molar-refractivity contribution in [2.45, 2.75) is 58.0 Å². The van der Waals surface area contributed by atoms with Gasteiger partial charge in [0.1, 0.15) is 5.52 Å². The Hall–Kier alpha value is -4.25. The minimum Gasteiger partial charge on any atom is -0.481 e. The maximum atomic E-state index is 14.1. The number of hydrogen-bond acceptors (Lipinski definition) is 5. The normalized spacial score (nSPS) is 17.8. The molecular weight excluding hydrogens is 549 g/mol. The maximum absolute atomic E-state index is 14.1. The molecule has 9 rings (SSSR count). The molecule has 4 aromatic rings. The lowest BCUT2D eigenvalue weighted by atomic mass is 9.83. The molecule has 218 valence electrons. The van der Waals surface area contributed by atoms with E-state index in [1.54, 1.807) is 4.68 Å². The van der Waals surface area contributed by atoms with Crippen LogP contribution in [0.5, 0.6) is 0 Å². The number of halogens is 3. The smallest absolute Gasteiger partial charge is 0.417 e. The van der Waals surface area contributed by atoms with E-state index in [0.717, 1.165) is 39.4 Å². The van der Waals surface area contributed by atoms with E-state index < -0.39 is 35.1 Å². The van der Waals surface area contributed by atoms with Crippen LogP contribution in [0.25, 0.3) is 11.0 Å². The number of ether oxygens (including phenoxy) is 1. The number of carbonyl (C=O) groups excluding carboxylic acids is 1. The Morgan fingerprint density at radius 1 is 1.10 bits per heavy atom. The third-order valence-electron chi connectivity index (χ3n) is 8.22. The van der Waals surface area contributed by atoms with Crippen LogP contribution < -0.4 is 0 Å². The fourth-order valence-corrected chi connectivity index (χ4v) is 6.05. The predicted octanol–water partition coefficient (Wildman–Crippen LogP) is 5.48. The molecule has 0 fully saturated rings. The molecule has 0 saturated heterocycles. The molecule has 0 aliphatic carbocycles. The van der Waals surface area contributed by atoms with Crippen molar-refractivity contribution in [3.8, 4) is 0 Å². The number of carboxylic acid groups (broad SMARTS) is 1. The molecule has 0 saturated carbocycles. The fraction of sp³-hybridized carbons (Fsp3) is 0.355. The van der Waals surface area contributed by atoms with Crippen molar-refractivity contribution >= 4 is 22.9 Å². The Morgan fingerprint density at radius 2 is 1.93 bits per heavy atom. The second-order valence-corrected chi connectivity index (χ2v) is 10.9. The van der Waals surface area contributed by atoms with Gasteiger partial charge in [-0.25, -0.2) is 4.68 Å². The molecule has 3 aromatic carbocycles. The van der Waals surface area contributed by atoms with Crippen molar-refractivity contribution in [3.63, 3.8) is 0 Å². The summed E-state index contributed by atoms with van der Waals surface area (Å²) < 4.78 is 49.8. The van der Waals surface area contributed by atoms with Crippen molar-refractivity contribution in [3.05, 3.63) is 93.0 Å². The largest absolute Gasteiger partial charge is 0.481 e. The average Bonchev–Trinajstić information content (AvgIpc) is 3.38. The predicted molar refractivity (Wildman–Crippen MR) is 147 cm³/mol. The second-order valence-electron chi connectivity index (χ2n) is 10.9. The lowest BCUT2D eigenvalue weighted by Gasteiger charge is -2.31. The van der Waals surface area contributed by atoms with Crippen LogP contribution in [0.2, 0.25) is 0 Å². The number of hydrogen-bond donors (Lipinski definition) is 1. The van der Waals surface area contributed by atoms with Crippen molar-refractivity contribution in [2.24, 2.45) is 0 Å². The number of benzene rings is 3. The lowest BCUT2D eigenvalue weighted by molar-refractivity contribution is -0.138. The highest BCUT2D eigenvalue weighted by molar-refractivity contribution is 5.96. The quantitative estimate of drug-likeness (QED) is 0.338. The summed E-state index contributed by atoms with van der Waals surface area (Å²) in [5, 5.41) is 18.5. The molecule has 11 heteroatoms. The van der Waals surface area contributed by atoms with Crippen LogP contribution in [0.4, 0.5) is 13.2 Å². The van der Waals surface area contributed by atoms with Crippen LogP contribution in [0, 0.1) is 6.92 Å². The maximum Gasteiger partial charge on any atom is 0.417 e.